The number of hydrogen-bond donors (Lipinski definition) is 1. The molecule has 2 atom stereocenters. The van der Waals surface area contributed by atoms with Gasteiger partial charge in [-0.3, -0.25) is 14.6 Å². The van der Waals surface area contributed by atoms with Crippen LogP contribution in [0.4, 0.5) is 15.0 Å². The van der Waals surface area contributed by atoms with Gasteiger partial charge in [-0.2, -0.15) is 5.10 Å². The van der Waals surface area contributed by atoms with Crippen LogP contribution in [0.2, 0.25) is 0 Å². The molecule has 1 aliphatic rings. The first kappa shape index (κ1) is 30.0. The Morgan fingerprint density at radius 2 is 1.79 bits per heavy atom. The topological polar surface area (TPSA) is 87.7 Å². The van der Waals surface area contributed by atoms with Crippen molar-refractivity contribution in [2.24, 2.45) is 11.1 Å². The molecule has 2 unspecified atom stereocenters. The normalized spacial score (nSPS) is 23.2. The van der Waals surface area contributed by atoms with Gasteiger partial charge in [0.2, 0.25) is 5.91 Å². The molecule has 210 valence electrons. The molecule has 1 aromatic heterocycles. The van der Waals surface area contributed by atoms with E-state index in [1.54, 1.807) is 14.1 Å². The van der Waals surface area contributed by atoms with Crippen LogP contribution < -0.4 is 10.6 Å². The number of urea groups is 1. The first-order valence-corrected chi connectivity index (χ1v) is 13.8. The van der Waals surface area contributed by atoms with Crippen LogP contribution in [-0.2, 0) is 22.3 Å². The van der Waals surface area contributed by atoms with Crippen LogP contribution in [0.15, 0.2) is 30.3 Å². The Kier molecular flexibility index (Phi) is 8.94. The fourth-order valence-corrected chi connectivity index (χ4v) is 5.74. The van der Waals surface area contributed by atoms with E-state index in [0.717, 1.165) is 32.1 Å². The first-order valence-electron chi connectivity index (χ1n) is 13.2. The molecule has 2 N–H and O–H groups in total. The summed E-state index contributed by atoms with van der Waals surface area (Å²) in [5.41, 5.74) is 8.33. The standard InChI is InChI=1S/C28H44FN6O2P/c1-8-27(12-14-28(15-13-27,33(6)7)21-11-9-10-20(2)16-21)19-34(25(30)37)23-17-22(26(3,29)38)31-35(23)18-24(36)32(4)5/h9-11,16-17H,8,12-15,18-19,38H2,1-7H3,(H2,30,37)/t26?,27-,28-. The number of aryl methyl sites for hydroxylation is 1. The number of anilines is 1. The van der Waals surface area contributed by atoms with Gasteiger partial charge in [-0.1, -0.05) is 46.0 Å². The third-order valence-electron chi connectivity index (χ3n) is 8.38. The van der Waals surface area contributed by atoms with E-state index in [1.807, 2.05) is 0 Å². The van der Waals surface area contributed by atoms with Gasteiger partial charge >= 0.3 is 6.03 Å². The molecule has 0 aliphatic heterocycles. The number of benzene rings is 1. The summed E-state index contributed by atoms with van der Waals surface area (Å²) in [6, 6.07) is 9.60. The van der Waals surface area contributed by atoms with Gasteiger partial charge in [-0.05, 0) is 71.0 Å². The fourth-order valence-electron chi connectivity index (χ4n) is 5.60. The largest absolute Gasteiger partial charge is 0.351 e. The molecule has 0 bridgehead atoms. The molecular formula is C28H44FN6O2P. The molecule has 0 spiro atoms. The van der Waals surface area contributed by atoms with Crippen LogP contribution >= 0.6 is 9.24 Å². The van der Waals surface area contributed by atoms with Crippen molar-refractivity contribution in [2.75, 3.05) is 39.6 Å². The zero-order valence-corrected chi connectivity index (χ0v) is 25.1. The summed E-state index contributed by atoms with van der Waals surface area (Å²) in [6.45, 7) is 5.89. The Labute approximate surface area is 228 Å². The maximum Gasteiger partial charge on any atom is 0.320 e. The van der Waals surface area contributed by atoms with Crippen molar-refractivity contribution in [1.82, 2.24) is 19.6 Å². The number of rotatable bonds is 9. The van der Waals surface area contributed by atoms with Crippen LogP contribution in [0.1, 0.15) is 62.8 Å². The van der Waals surface area contributed by atoms with Crippen molar-refractivity contribution >= 4 is 27.0 Å². The zero-order chi connectivity index (χ0) is 28.5. The van der Waals surface area contributed by atoms with E-state index in [9.17, 15) is 14.0 Å². The number of amides is 3. The van der Waals surface area contributed by atoms with E-state index in [2.05, 4.69) is 71.4 Å². The van der Waals surface area contributed by atoms with E-state index in [-0.39, 0.29) is 29.1 Å². The predicted octanol–water partition coefficient (Wildman–Crippen LogP) is 4.61. The van der Waals surface area contributed by atoms with Gasteiger partial charge in [-0.15, -0.1) is 0 Å². The van der Waals surface area contributed by atoms with Gasteiger partial charge in [0.25, 0.3) is 0 Å². The minimum Gasteiger partial charge on any atom is -0.351 e. The van der Waals surface area contributed by atoms with E-state index in [1.165, 1.54) is 38.6 Å². The predicted molar refractivity (Wildman–Crippen MR) is 154 cm³/mol. The Bertz CT molecular complexity index is 1150. The van der Waals surface area contributed by atoms with E-state index >= 15 is 0 Å². The number of alkyl halides is 1. The highest BCUT2D eigenvalue weighted by atomic mass is 31.0. The maximum absolute atomic E-state index is 14.9. The number of nitrogens with two attached hydrogens (primary N) is 1. The zero-order valence-electron chi connectivity index (χ0n) is 23.9. The molecule has 0 saturated heterocycles. The molecule has 1 heterocycles. The third kappa shape index (κ3) is 6.20. The highest BCUT2D eigenvalue weighted by Crippen LogP contribution is 2.50. The number of nitrogens with zero attached hydrogens (tertiary/aromatic N) is 5. The molecule has 0 radical (unpaired) electrons. The number of aromatic nitrogens is 2. The van der Waals surface area contributed by atoms with Crippen molar-refractivity contribution in [3.05, 3.63) is 47.2 Å². The Hall–Kier alpha value is -2.51. The Balaban J connectivity index is 1.96. The minimum absolute atomic E-state index is 0.0925. The number of hydrogen-bond acceptors (Lipinski definition) is 4. The summed E-state index contributed by atoms with van der Waals surface area (Å²) in [6.07, 6.45) is 4.50. The molecule has 1 saturated carbocycles. The quantitative estimate of drug-likeness (QED) is 0.466. The number of likely N-dealkylation sites (N-methyl/N-ethyl adjacent to an activating group) is 1. The van der Waals surface area contributed by atoms with Crippen LogP contribution in [0, 0.1) is 12.3 Å². The number of carbonyl (C=O) groups is 2. The van der Waals surface area contributed by atoms with E-state index in [0.29, 0.717) is 12.4 Å². The smallest absolute Gasteiger partial charge is 0.320 e. The first-order chi connectivity index (χ1) is 17.6. The van der Waals surface area contributed by atoms with Gasteiger partial charge in [0.1, 0.15) is 18.1 Å². The van der Waals surface area contributed by atoms with Gasteiger partial charge in [0.05, 0.1) is 0 Å². The van der Waals surface area contributed by atoms with E-state index < -0.39 is 11.4 Å². The lowest BCUT2D eigenvalue weighted by atomic mass is 9.63. The average molecular weight is 547 g/mol. The highest BCUT2D eigenvalue weighted by Gasteiger charge is 2.46. The molecular weight excluding hydrogens is 502 g/mol. The van der Waals surface area contributed by atoms with Crippen molar-refractivity contribution in [2.45, 2.75) is 70.4 Å². The Morgan fingerprint density at radius 1 is 1.16 bits per heavy atom. The molecule has 3 rings (SSSR count). The fraction of sp³-hybridized carbons (Fsp3) is 0.607. The van der Waals surface area contributed by atoms with Crippen LogP contribution in [0.3, 0.4) is 0 Å². The summed E-state index contributed by atoms with van der Waals surface area (Å²) in [5.74, 6) is 0.122. The monoisotopic (exact) mass is 546 g/mol. The number of carbonyl (C=O) groups excluding carboxylic acids is 2. The maximum atomic E-state index is 14.9. The van der Waals surface area contributed by atoms with Crippen molar-refractivity contribution in [3.8, 4) is 0 Å². The third-order valence-corrected chi connectivity index (χ3v) is 8.67. The summed E-state index contributed by atoms with van der Waals surface area (Å²) in [7, 11) is 9.68. The second kappa shape index (κ2) is 11.3. The number of primary amides is 1. The molecule has 1 aromatic carbocycles. The van der Waals surface area contributed by atoms with Crippen LogP contribution in [0.5, 0.6) is 0 Å². The molecule has 2 aromatic rings. The molecule has 8 nitrogen and oxygen atoms in total. The molecule has 10 heteroatoms. The second-order valence-electron chi connectivity index (χ2n) is 11.5. The van der Waals surface area contributed by atoms with E-state index in [4.69, 9.17) is 5.73 Å². The summed E-state index contributed by atoms with van der Waals surface area (Å²) < 4.78 is 16.3. The highest BCUT2D eigenvalue weighted by molar-refractivity contribution is 7.18. The molecule has 3 amide bonds. The lowest BCUT2D eigenvalue weighted by molar-refractivity contribution is -0.129. The molecule has 1 aliphatic carbocycles. The average Bonchev–Trinajstić information content (AvgIpc) is 3.26. The SMILES string of the molecule is CC[C@]1(CN(C(N)=O)c2cc(C(C)(F)P)nn2CC(=O)N(C)C)CC[C@](c2cccc(C)c2)(N(C)C)CC1. The van der Waals surface area contributed by atoms with Crippen molar-refractivity contribution in [1.29, 1.82) is 0 Å². The second-order valence-corrected chi connectivity index (χ2v) is 12.6. The summed E-state index contributed by atoms with van der Waals surface area (Å²) in [4.78, 5) is 30.7. The lowest BCUT2D eigenvalue weighted by Crippen LogP contribution is -2.51. The van der Waals surface area contributed by atoms with Crippen LogP contribution in [0.25, 0.3) is 0 Å². The van der Waals surface area contributed by atoms with Crippen molar-refractivity contribution in [3.63, 3.8) is 0 Å². The van der Waals surface area contributed by atoms with Gasteiger partial charge in [0, 0.05) is 32.2 Å². The summed E-state index contributed by atoms with van der Waals surface area (Å²) >= 11 is 0. The molecule has 38 heavy (non-hydrogen) atoms. The Morgan fingerprint density at radius 3 is 2.26 bits per heavy atom. The molecule has 1 fully saturated rings. The van der Waals surface area contributed by atoms with Gasteiger partial charge < -0.3 is 10.6 Å². The van der Waals surface area contributed by atoms with Gasteiger partial charge in [-0.25, -0.2) is 13.9 Å². The van der Waals surface area contributed by atoms with Crippen molar-refractivity contribution < 1.29 is 14.0 Å². The number of halogens is 1. The van der Waals surface area contributed by atoms with Crippen LogP contribution in [-0.4, -0.2) is 66.3 Å². The lowest BCUT2D eigenvalue weighted by Gasteiger charge is -2.51. The van der Waals surface area contributed by atoms with Gasteiger partial charge in [0.15, 0.2) is 5.41 Å². The minimum atomic E-state index is -1.82. The summed E-state index contributed by atoms with van der Waals surface area (Å²) in [5, 5.41) is 2.54.